The molecule has 2 N–H and O–H groups in total. The average molecular weight is 439 g/mol. The second-order valence-electron chi connectivity index (χ2n) is 5.04. The summed E-state index contributed by atoms with van der Waals surface area (Å²) in [7, 11) is 0. The molecule has 0 unspecified atom stereocenters. The molecule has 0 fully saturated rings. The standard InChI is InChI=1S/C15H13Br2N5O/c1-9-3-2-4-10(7-9)8-22-6-5-11(21-22)18-15(23)13-12(16)14(17)20-19-13/h2-7H,8H2,1H3,(H,19,20)(H,18,21,23). The van der Waals surface area contributed by atoms with Gasteiger partial charge in [0.15, 0.2) is 11.5 Å². The minimum Gasteiger partial charge on any atom is -0.304 e. The number of nitrogens with one attached hydrogen (secondary N) is 2. The van der Waals surface area contributed by atoms with Crippen molar-refractivity contribution in [2.24, 2.45) is 0 Å². The Balaban J connectivity index is 1.70. The number of carbonyl (C=O) groups is 1. The van der Waals surface area contributed by atoms with Crippen molar-refractivity contribution in [3.63, 3.8) is 0 Å². The lowest BCUT2D eigenvalue weighted by molar-refractivity contribution is 0.102. The summed E-state index contributed by atoms with van der Waals surface area (Å²) in [4.78, 5) is 12.2. The molecule has 118 valence electrons. The number of aryl methyl sites for hydroxylation is 1. The van der Waals surface area contributed by atoms with Crippen LogP contribution >= 0.6 is 31.9 Å². The molecule has 1 aromatic carbocycles. The Labute approximate surface area is 149 Å². The van der Waals surface area contributed by atoms with E-state index in [9.17, 15) is 4.79 Å². The van der Waals surface area contributed by atoms with Gasteiger partial charge in [-0.25, -0.2) is 0 Å². The Morgan fingerprint density at radius 2 is 2.17 bits per heavy atom. The summed E-state index contributed by atoms with van der Waals surface area (Å²) < 4.78 is 2.97. The van der Waals surface area contributed by atoms with Crippen molar-refractivity contribution in [1.29, 1.82) is 0 Å². The summed E-state index contributed by atoms with van der Waals surface area (Å²) in [6.45, 7) is 2.70. The van der Waals surface area contributed by atoms with Crippen LogP contribution in [-0.2, 0) is 6.54 Å². The van der Waals surface area contributed by atoms with Crippen molar-refractivity contribution >= 4 is 43.6 Å². The molecule has 0 radical (unpaired) electrons. The molecular weight excluding hydrogens is 426 g/mol. The first-order valence-corrected chi connectivity index (χ1v) is 8.41. The summed E-state index contributed by atoms with van der Waals surface area (Å²) >= 11 is 6.55. The molecular formula is C15H13Br2N5O. The van der Waals surface area contributed by atoms with E-state index in [1.54, 1.807) is 10.7 Å². The molecule has 0 aliphatic rings. The van der Waals surface area contributed by atoms with Crippen LogP contribution in [0.1, 0.15) is 21.6 Å². The van der Waals surface area contributed by atoms with E-state index < -0.39 is 0 Å². The average Bonchev–Trinajstić information content (AvgIpc) is 3.07. The van der Waals surface area contributed by atoms with E-state index >= 15 is 0 Å². The van der Waals surface area contributed by atoms with Gasteiger partial charge in [-0.15, -0.1) is 0 Å². The van der Waals surface area contributed by atoms with Gasteiger partial charge in [0.1, 0.15) is 4.60 Å². The first kappa shape index (κ1) is 15.9. The fourth-order valence-corrected chi connectivity index (χ4v) is 2.78. The van der Waals surface area contributed by atoms with Gasteiger partial charge >= 0.3 is 0 Å². The van der Waals surface area contributed by atoms with Gasteiger partial charge in [0.2, 0.25) is 0 Å². The molecule has 3 rings (SSSR count). The molecule has 0 spiro atoms. The number of anilines is 1. The Morgan fingerprint density at radius 3 is 2.87 bits per heavy atom. The first-order valence-electron chi connectivity index (χ1n) is 6.82. The number of amides is 1. The number of aromatic nitrogens is 4. The van der Waals surface area contributed by atoms with Crippen molar-refractivity contribution in [1.82, 2.24) is 20.0 Å². The Bertz CT molecular complexity index is 855. The zero-order valence-corrected chi connectivity index (χ0v) is 15.3. The van der Waals surface area contributed by atoms with Gasteiger partial charge in [0.25, 0.3) is 5.91 Å². The van der Waals surface area contributed by atoms with Crippen LogP contribution in [0.3, 0.4) is 0 Å². The molecule has 23 heavy (non-hydrogen) atoms. The van der Waals surface area contributed by atoms with E-state index in [2.05, 4.69) is 71.5 Å². The zero-order chi connectivity index (χ0) is 16.4. The van der Waals surface area contributed by atoms with Gasteiger partial charge in [-0.1, -0.05) is 29.8 Å². The summed E-state index contributed by atoms with van der Waals surface area (Å²) in [6, 6.07) is 9.98. The van der Waals surface area contributed by atoms with E-state index in [0.717, 1.165) is 5.56 Å². The fourth-order valence-electron chi connectivity index (χ4n) is 2.15. The third kappa shape index (κ3) is 3.70. The van der Waals surface area contributed by atoms with Gasteiger partial charge in [-0.05, 0) is 44.3 Å². The highest BCUT2D eigenvalue weighted by atomic mass is 79.9. The fraction of sp³-hybridized carbons (Fsp3) is 0.133. The van der Waals surface area contributed by atoms with E-state index in [1.165, 1.54) is 5.56 Å². The topological polar surface area (TPSA) is 75.6 Å². The van der Waals surface area contributed by atoms with E-state index in [4.69, 9.17) is 0 Å². The molecule has 2 heterocycles. The van der Waals surface area contributed by atoms with E-state index in [0.29, 0.717) is 21.4 Å². The third-order valence-corrected chi connectivity index (χ3v) is 5.07. The lowest BCUT2D eigenvalue weighted by Gasteiger charge is -2.03. The molecule has 2 aromatic heterocycles. The van der Waals surface area contributed by atoms with Crippen molar-refractivity contribution in [3.8, 4) is 0 Å². The molecule has 0 aliphatic carbocycles. The summed E-state index contributed by atoms with van der Waals surface area (Å²) in [5.41, 5.74) is 2.63. The maximum absolute atomic E-state index is 12.2. The zero-order valence-electron chi connectivity index (χ0n) is 12.2. The molecule has 3 aromatic rings. The van der Waals surface area contributed by atoms with Gasteiger partial charge in [0, 0.05) is 12.3 Å². The predicted octanol–water partition coefficient (Wildman–Crippen LogP) is 3.74. The van der Waals surface area contributed by atoms with Crippen LogP contribution in [0.2, 0.25) is 0 Å². The molecule has 0 aliphatic heterocycles. The normalized spacial score (nSPS) is 10.7. The van der Waals surface area contributed by atoms with Crippen LogP contribution in [0, 0.1) is 6.92 Å². The highest BCUT2D eigenvalue weighted by molar-refractivity contribution is 9.13. The highest BCUT2D eigenvalue weighted by Gasteiger charge is 2.17. The minimum atomic E-state index is -0.334. The van der Waals surface area contributed by atoms with Crippen LogP contribution < -0.4 is 5.32 Å². The van der Waals surface area contributed by atoms with Crippen molar-refractivity contribution in [2.45, 2.75) is 13.5 Å². The largest absolute Gasteiger partial charge is 0.304 e. The number of rotatable bonds is 4. The minimum absolute atomic E-state index is 0.269. The van der Waals surface area contributed by atoms with Crippen LogP contribution in [0.4, 0.5) is 5.82 Å². The van der Waals surface area contributed by atoms with Crippen molar-refractivity contribution in [3.05, 3.63) is 62.4 Å². The lowest BCUT2D eigenvalue weighted by Crippen LogP contribution is -2.14. The van der Waals surface area contributed by atoms with Gasteiger partial charge in [0.05, 0.1) is 11.0 Å². The van der Waals surface area contributed by atoms with Gasteiger partial charge in [-0.3, -0.25) is 14.6 Å². The maximum Gasteiger partial charge on any atom is 0.278 e. The molecule has 1 amide bonds. The van der Waals surface area contributed by atoms with E-state index in [1.807, 2.05) is 18.3 Å². The molecule has 0 saturated carbocycles. The van der Waals surface area contributed by atoms with Crippen LogP contribution in [0.5, 0.6) is 0 Å². The summed E-state index contributed by atoms with van der Waals surface area (Å²) in [6.07, 6.45) is 1.83. The number of aromatic amines is 1. The smallest absolute Gasteiger partial charge is 0.278 e. The Hall–Kier alpha value is -1.93. The number of hydrogen-bond acceptors (Lipinski definition) is 3. The number of H-pyrrole nitrogens is 1. The summed E-state index contributed by atoms with van der Waals surface area (Å²) in [5, 5.41) is 13.7. The molecule has 6 nitrogen and oxygen atoms in total. The first-order chi connectivity index (χ1) is 11.0. The second-order valence-corrected chi connectivity index (χ2v) is 6.63. The number of halogens is 2. The van der Waals surface area contributed by atoms with Crippen molar-refractivity contribution in [2.75, 3.05) is 5.32 Å². The number of hydrogen-bond donors (Lipinski definition) is 2. The van der Waals surface area contributed by atoms with Crippen LogP contribution in [0.25, 0.3) is 0 Å². The molecule has 0 atom stereocenters. The predicted molar refractivity (Wildman–Crippen MR) is 94.4 cm³/mol. The van der Waals surface area contributed by atoms with E-state index in [-0.39, 0.29) is 11.6 Å². The quantitative estimate of drug-likeness (QED) is 0.651. The number of benzene rings is 1. The monoisotopic (exact) mass is 437 g/mol. The molecule has 8 heteroatoms. The Kier molecular flexibility index (Phi) is 4.63. The highest BCUT2D eigenvalue weighted by Crippen LogP contribution is 2.24. The SMILES string of the molecule is Cc1cccc(Cn2ccc(NC(=O)c3n[nH]c(Br)c3Br)n2)c1. The second kappa shape index (κ2) is 6.67. The van der Waals surface area contributed by atoms with Gasteiger partial charge in [-0.2, -0.15) is 10.2 Å². The summed E-state index contributed by atoms with van der Waals surface area (Å²) in [5.74, 6) is 0.147. The van der Waals surface area contributed by atoms with Crippen molar-refractivity contribution < 1.29 is 4.79 Å². The van der Waals surface area contributed by atoms with Crippen LogP contribution in [-0.4, -0.2) is 25.9 Å². The number of carbonyl (C=O) groups excluding carboxylic acids is 1. The Morgan fingerprint density at radius 1 is 1.35 bits per heavy atom. The van der Waals surface area contributed by atoms with Gasteiger partial charge < -0.3 is 5.32 Å². The third-order valence-electron chi connectivity index (χ3n) is 3.19. The van der Waals surface area contributed by atoms with Crippen LogP contribution in [0.15, 0.2) is 45.6 Å². The maximum atomic E-state index is 12.2. The number of nitrogens with zero attached hydrogens (tertiary/aromatic N) is 3. The molecule has 0 bridgehead atoms. The molecule has 0 saturated heterocycles. The lowest BCUT2D eigenvalue weighted by atomic mass is 10.1.